The number of fused-ring (bicyclic) bond motifs is 2. The summed E-state index contributed by atoms with van der Waals surface area (Å²) in [6.45, 7) is 7.89. The number of nitrogens with zero attached hydrogens (tertiary/aromatic N) is 3. The van der Waals surface area contributed by atoms with Gasteiger partial charge in [0.05, 0.1) is 11.4 Å². The lowest BCUT2D eigenvalue weighted by atomic mass is 10.0. The first-order chi connectivity index (χ1) is 8.22. The van der Waals surface area contributed by atoms with Crippen LogP contribution in [0.4, 0.5) is 0 Å². The molecule has 1 fully saturated rings. The summed E-state index contributed by atoms with van der Waals surface area (Å²) >= 11 is 0. The van der Waals surface area contributed by atoms with Gasteiger partial charge in [0.2, 0.25) is 0 Å². The van der Waals surface area contributed by atoms with E-state index in [0.717, 1.165) is 36.6 Å². The molecule has 0 bridgehead atoms. The van der Waals surface area contributed by atoms with Crippen molar-refractivity contribution in [1.29, 1.82) is 0 Å². The van der Waals surface area contributed by atoms with E-state index >= 15 is 0 Å². The van der Waals surface area contributed by atoms with Crippen molar-refractivity contribution < 1.29 is 0 Å². The quantitative estimate of drug-likeness (QED) is 0.786. The lowest BCUT2D eigenvalue weighted by Crippen LogP contribution is -2.07. The molecule has 2 aliphatic rings. The molecule has 0 radical (unpaired) electrons. The number of hydrogen-bond donors (Lipinski definition) is 0. The highest BCUT2D eigenvalue weighted by Gasteiger charge is 2.50. The van der Waals surface area contributed by atoms with E-state index in [1.165, 1.54) is 30.7 Å². The molecule has 0 amide bonds. The van der Waals surface area contributed by atoms with Crippen LogP contribution < -0.4 is 0 Å². The molecule has 0 spiro atoms. The average molecular weight is 233 g/mol. The third-order valence-corrected chi connectivity index (χ3v) is 4.81. The zero-order chi connectivity index (χ0) is 12.0. The minimum absolute atomic E-state index is 0.863. The Kier molecular flexibility index (Phi) is 2.72. The molecule has 3 heteroatoms. The van der Waals surface area contributed by atoms with Crippen molar-refractivity contribution in [3.8, 4) is 0 Å². The van der Waals surface area contributed by atoms with E-state index in [1.807, 2.05) is 0 Å². The number of aryl methyl sites for hydroxylation is 2. The summed E-state index contributed by atoms with van der Waals surface area (Å²) < 4.78 is 2.10. The molecule has 3 rings (SSSR count). The SMILES string of the molecule is CCn1nnc2c1CCC1C(CC2)C1C(C)C. The zero-order valence-corrected chi connectivity index (χ0v) is 11.2. The fourth-order valence-electron chi connectivity index (χ4n) is 3.97. The highest BCUT2D eigenvalue weighted by atomic mass is 15.4. The van der Waals surface area contributed by atoms with Crippen molar-refractivity contribution in [3.63, 3.8) is 0 Å². The van der Waals surface area contributed by atoms with Crippen molar-refractivity contribution in [3.05, 3.63) is 11.4 Å². The second-order valence-corrected chi connectivity index (χ2v) is 6.03. The van der Waals surface area contributed by atoms with Crippen LogP contribution in [0, 0.1) is 23.7 Å². The molecule has 3 atom stereocenters. The molecule has 2 aliphatic carbocycles. The minimum atomic E-state index is 0.863. The van der Waals surface area contributed by atoms with E-state index in [-0.39, 0.29) is 0 Å². The molecular formula is C14H23N3. The van der Waals surface area contributed by atoms with E-state index < -0.39 is 0 Å². The maximum Gasteiger partial charge on any atom is 0.0859 e. The first-order valence-corrected chi connectivity index (χ1v) is 7.13. The molecule has 1 aromatic heterocycles. The Bertz CT molecular complexity index is 408. The van der Waals surface area contributed by atoms with Crippen molar-refractivity contribution in [2.75, 3.05) is 0 Å². The van der Waals surface area contributed by atoms with Gasteiger partial charge in [0, 0.05) is 6.54 Å². The predicted molar refractivity (Wildman–Crippen MR) is 67.6 cm³/mol. The van der Waals surface area contributed by atoms with Crippen LogP contribution in [-0.2, 0) is 19.4 Å². The maximum atomic E-state index is 4.37. The third-order valence-electron chi connectivity index (χ3n) is 4.81. The van der Waals surface area contributed by atoms with E-state index in [1.54, 1.807) is 0 Å². The van der Waals surface area contributed by atoms with E-state index in [9.17, 15) is 0 Å². The Morgan fingerprint density at radius 2 is 1.94 bits per heavy atom. The van der Waals surface area contributed by atoms with Crippen LogP contribution in [0.5, 0.6) is 0 Å². The van der Waals surface area contributed by atoms with Gasteiger partial charge in [-0.15, -0.1) is 5.10 Å². The molecule has 1 aromatic rings. The Labute approximate surface area is 104 Å². The number of hydrogen-bond acceptors (Lipinski definition) is 2. The third kappa shape index (κ3) is 1.80. The van der Waals surface area contributed by atoms with Crippen LogP contribution in [0.1, 0.15) is 45.0 Å². The van der Waals surface area contributed by atoms with Crippen LogP contribution in [0.15, 0.2) is 0 Å². The van der Waals surface area contributed by atoms with Gasteiger partial charge in [0.15, 0.2) is 0 Å². The molecule has 17 heavy (non-hydrogen) atoms. The molecular weight excluding hydrogens is 210 g/mol. The van der Waals surface area contributed by atoms with Gasteiger partial charge in [0.1, 0.15) is 0 Å². The highest BCUT2D eigenvalue weighted by Crippen LogP contribution is 2.56. The Balaban J connectivity index is 1.78. The van der Waals surface area contributed by atoms with Crippen LogP contribution in [0.2, 0.25) is 0 Å². The van der Waals surface area contributed by atoms with E-state index in [0.29, 0.717) is 0 Å². The number of aromatic nitrogens is 3. The fraction of sp³-hybridized carbons (Fsp3) is 0.857. The summed E-state index contributed by atoms with van der Waals surface area (Å²) in [6.07, 6.45) is 5.04. The van der Waals surface area contributed by atoms with Crippen molar-refractivity contribution >= 4 is 0 Å². The van der Waals surface area contributed by atoms with Crippen LogP contribution in [-0.4, -0.2) is 15.0 Å². The lowest BCUT2D eigenvalue weighted by molar-refractivity contribution is 0.488. The van der Waals surface area contributed by atoms with Gasteiger partial charge in [-0.3, -0.25) is 0 Å². The van der Waals surface area contributed by atoms with Gasteiger partial charge in [-0.05, 0) is 56.3 Å². The van der Waals surface area contributed by atoms with Gasteiger partial charge in [-0.1, -0.05) is 19.1 Å². The maximum absolute atomic E-state index is 4.37. The summed E-state index contributed by atoms with van der Waals surface area (Å²) in [7, 11) is 0. The van der Waals surface area contributed by atoms with Gasteiger partial charge in [-0.25, -0.2) is 4.68 Å². The second kappa shape index (κ2) is 4.11. The van der Waals surface area contributed by atoms with Gasteiger partial charge >= 0.3 is 0 Å². The van der Waals surface area contributed by atoms with Gasteiger partial charge < -0.3 is 0 Å². The molecule has 0 aromatic carbocycles. The van der Waals surface area contributed by atoms with Gasteiger partial charge in [-0.2, -0.15) is 0 Å². The normalized spacial score (nSPS) is 31.6. The van der Waals surface area contributed by atoms with Crippen LogP contribution >= 0.6 is 0 Å². The Morgan fingerprint density at radius 3 is 2.59 bits per heavy atom. The van der Waals surface area contributed by atoms with Crippen molar-refractivity contribution in [2.45, 2.75) is 53.0 Å². The molecule has 1 saturated carbocycles. The molecule has 3 unspecified atom stereocenters. The van der Waals surface area contributed by atoms with E-state index in [4.69, 9.17) is 0 Å². The summed E-state index contributed by atoms with van der Waals surface area (Å²) in [5.74, 6) is 3.82. The van der Waals surface area contributed by atoms with Crippen LogP contribution in [0.3, 0.4) is 0 Å². The van der Waals surface area contributed by atoms with Gasteiger partial charge in [0.25, 0.3) is 0 Å². The Hall–Kier alpha value is -0.860. The molecule has 3 nitrogen and oxygen atoms in total. The molecule has 1 heterocycles. The summed E-state index contributed by atoms with van der Waals surface area (Å²) in [5, 5.41) is 8.63. The second-order valence-electron chi connectivity index (χ2n) is 6.03. The monoisotopic (exact) mass is 233 g/mol. The summed E-state index contributed by atoms with van der Waals surface area (Å²) in [6, 6.07) is 0. The first kappa shape index (κ1) is 11.2. The Morgan fingerprint density at radius 1 is 1.24 bits per heavy atom. The van der Waals surface area contributed by atoms with E-state index in [2.05, 4.69) is 35.8 Å². The zero-order valence-electron chi connectivity index (χ0n) is 11.2. The van der Waals surface area contributed by atoms with Crippen molar-refractivity contribution in [1.82, 2.24) is 15.0 Å². The highest BCUT2D eigenvalue weighted by molar-refractivity contribution is 5.15. The first-order valence-electron chi connectivity index (χ1n) is 7.13. The molecule has 94 valence electrons. The number of rotatable bonds is 2. The summed E-state index contributed by atoms with van der Waals surface area (Å²) in [4.78, 5) is 0. The average Bonchev–Trinajstić information content (AvgIpc) is 2.83. The van der Waals surface area contributed by atoms with Crippen molar-refractivity contribution in [2.24, 2.45) is 23.7 Å². The lowest BCUT2D eigenvalue weighted by Gasteiger charge is -2.09. The summed E-state index contributed by atoms with van der Waals surface area (Å²) in [5.41, 5.74) is 2.69. The smallest absolute Gasteiger partial charge is 0.0859 e. The standard InChI is InChI=1S/C14H23N3/c1-4-17-13-8-6-11-10(14(11)9(2)3)5-7-12(13)15-16-17/h9-11,14H,4-8H2,1-3H3. The molecule has 0 saturated heterocycles. The largest absolute Gasteiger partial charge is 0.249 e. The predicted octanol–water partition coefficient (Wildman–Crippen LogP) is 2.70. The van der Waals surface area contributed by atoms with Crippen LogP contribution in [0.25, 0.3) is 0 Å². The fourth-order valence-corrected chi connectivity index (χ4v) is 3.97. The molecule has 0 aliphatic heterocycles. The topological polar surface area (TPSA) is 30.7 Å². The molecule has 0 N–H and O–H groups in total. The minimum Gasteiger partial charge on any atom is -0.249 e.